The molecule has 0 N–H and O–H groups in total. The average Bonchev–Trinajstić information content (AvgIpc) is 2.71. The number of hydrogen-bond donors (Lipinski definition) is 0. The Kier molecular flexibility index (Phi) is 2.54. The standard InChI is InChI=1S/C10H11N3S/c1-7(2)8-3-4-12-10(13-8)9-5-11-6-14-9/h3-7H,1-2H3. The molecule has 0 atom stereocenters. The summed E-state index contributed by atoms with van der Waals surface area (Å²) in [4.78, 5) is 13.7. The van der Waals surface area contributed by atoms with Gasteiger partial charge in [0, 0.05) is 18.1 Å². The molecule has 0 amide bonds. The van der Waals surface area contributed by atoms with Crippen LogP contribution < -0.4 is 0 Å². The smallest absolute Gasteiger partial charge is 0.171 e. The molecule has 0 fully saturated rings. The first-order valence-electron chi connectivity index (χ1n) is 4.49. The van der Waals surface area contributed by atoms with Gasteiger partial charge in [-0.25, -0.2) is 9.97 Å². The summed E-state index contributed by atoms with van der Waals surface area (Å²) in [7, 11) is 0. The second-order valence-corrected chi connectivity index (χ2v) is 4.21. The van der Waals surface area contributed by atoms with Crippen molar-refractivity contribution in [3.63, 3.8) is 0 Å². The Morgan fingerprint density at radius 3 is 2.86 bits per heavy atom. The highest BCUT2D eigenvalue weighted by Gasteiger charge is 2.05. The van der Waals surface area contributed by atoms with Crippen LogP contribution in [0.5, 0.6) is 0 Å². The summed E-state index contributed by atoms with van der Waals surface area (Å²) in [5, 5.41) is 0. The van der Waals surface area contributed by atoms with E-state index in [4.69, 9.17) is 0 Å². The van der Waals surface area contributed by atoms with Gasteiger partial charge >= 0.3 is 0 Å². The summed E-state index contributed by atoms with van der Waals surface area (Å²) in [6.07, 6.45) is 3.60. The van der Waals surface area contributed by atoms with Gasteiger partial charge in [0.2, 0.25) is 0 Å². The summed E-state index contributed by atoms with van der Waals surface area (Å²) < 4.78 is 0. The summed E-state index contributed by atoms with van der Waals surface area (Å²) >= 11 is 1.56. The van der Waals surface area contributed by atoms with Crippen LogP contribution in [0.2, 0.25) is 0 Å². The van der Waals surface area contributed by atoms with Gasteiger partial charge in [0.25, 0.3) is 0 Å². The van der Waals surface area contributed by atoms with E-state index in [0.717, 1.165) is 16.4 Å². The van der Waals surface area contributed by atoms with Gasteiger partial charge in [0.15, 0.2) is 5.82 Å². The second-order valence-electron chi connectivity index (χ2n) is 3.33. The summed E-state index contributed by atoms with van der Waals surface area (Å²) in [5.74, 6) is 1.21. The predicted octanol–water partition coefficient (Wildman–Crippen LogP) is 2.72. The average molecular weight is 205 g/mol. The molecule has 2 aromatic heterocycles. The van der Waals surface area contributed by atoms with E-state index in [-0.39, 0.29) is 0 Å². The van der Waals surface area contributed by atoms with Crippen molar-refractivity contribution < 1.29 is 0 Å². The lowest BCUT2D eigenvalue weighted by molar-refractivity contribution is 0.817. The van der Waals surface area contributed by atoms with Crippen LogP contribution in [0.1, 0.15) is 25.5 Å². The van der Waals surface area contributed by atoms with Crippen LogP contribution in [0.4, 0.5) is 0 Å². The van der Waals surface area contributed by atoms with E-state index < -0.39 is 0 Å². The van der Waals surface area contributed by atoms with Gasteiger partial charge in [-0.1, -0.05) is 13.8 Å². The topological polar surface area (TPSA) is 38.7 Å². The summed E-state index contributed by atoms with van der Waals surface area (Å²) in [5.41, 5.74) is 2.86. The quantitative estimate of drug-likeness (QED) is 0.756. The first kappa shape index (κ1) is 9.27. The SMILES string of the molecule is CC(C)c1ccnc(-c2cncs2)n1. The van der Waals surface area contributed by atoms with E-state index in [1.54, 1.807) is 29.2 Å². The second kappa shape index (κ2) is 3.84. The van der Waals surface area contributed by atoms with E-state index in [1.165, 1.54) is 0 Å². The van der Waals surface area contributed by atoms with Crippen LogP contribution in [-0.2, 0) is 0 Å². The molecule has 0 aromatic carbocycles. The fourth-order valence-electron chi connectivity index (χ4n) is 1.14. The van der Waals surface area contributed by atoms with Crippen LogP contribution in [0.25, 0.3) is 10.7 Å². The van der Waals surface area contributed by atoms with Crippen LogP contribution in [0.3, 0.4) is 0 Å². The summed E-state index contributed by atoms with van der Waals surface area (Å²) in [6.45, 7) is 4.25. The first-order valence-corrected chi connectivity index (χ1v) is 5.37. The molecule has 14 heavy (non-hydrogen) atoms. The Hall–Kier alpha value is -1.29. The number of nitrogens with zero attached hydrogens (tertiary/aromatic N) is 3. The molecule has 3 nitrogen and oxygen atoms in total. The van der Waals surface area contributed by atoms with E-state index in [0.29, 0.717) is 5.92 Å². The molecule has 0 aliphatic heterocycles. The van der Waals surface area contributed by atoms with Gasteiger partial charge in [-0.3, -0.25) is 4.98 Å². The molecule has 2 aromatic rings. The van der Waals surface area contributed by atoms with Gasteiger partial charge in [0.05, 0.1) is 10.4 Å². The van der Waals surface area contributed by atoms with E-state index in [2.05, 4.69) is 28.8 Å². The van der Waals surface area contributed by atoms with Gasteiger partial charge in [-0.05, 0) is 12.0 Å². The molecule has 0 saturated carbocycles. The maximum absolute atomic E-state index is 4.47. The molecule has 4 heteroatoms. The molecule has 0 bridgehead atoms. The molecule has 0 aliphatic carbocycles. The third kappa shape index (κ3) is 1.80. The van der Waals surface area contributed by atoms with Crippen LogP contribution in [0.15, 0.2) is 24.0 Å². The number of aromatic nitrogens is 3. The molecule has 0 saturated heterocycles. The Labute approximate surface area is 86.9 Å². The highest BCUT2D eigenvalue weighted by atomic mass is 32.1. The lowest BCUT2D eigenvalue weighted by Gasteiger charge is -2.04. The van der Waals surface area contributed by atoms with E-state index in [9.17, 15) is 0 Å². The van der Waals surface area contributed by atoms with Crippen molar-refractivity contribution in [1.29, 1.82) is 0 Å². The molecular weight excluding hydrogens is 194 g/mol. The Morgan fingerprint density at radius 1 is 1.36 bits per heavy atom. The molecule has 0 radical (unpaired) electrons. The minimum absolute atomic E-state index is 0.435. The zero-order chi connectivity index (χ0) is 9.97. The maximum atomic E-state index is 4.47. The zero-order valence-corrected chi connectivity index (χ0v) is 8.95. The fraction of sp³-hybridized carbons (Fsp3) is 0.300. The minimum Gasteiger partial charge on any atom is -0.252 e. The molecule has 2 heterocycles. The van der Waals surface area contributed by atoms with Crippen molar-refractivity contribution in [2.45, 2.75) is 19.8 Å². The van der Waals surface area contributed by atoms with Crippen LogP contribution in [-0.4, -0.2) is 15.0 Å². The lowest BCUT2D eigenvalue weighted by Crippen LogP contribution is -1.95. The van der Waals surface area contributed by atoms with Crippen molar-refractivity contribution in [2.75, 3.05) is 0 Å². The monoisotopic (exact) mass is 205 g/mol. The lowest BCUT2D eigenvalue weighted by atomic mass is 10.1. The highest BCUT2D eigenvalue weighted by Crippen LogP contribution is 2.20. The van der Waals surface area contributed by atoms with Crippen molar-refractivity contribution in [3.8, 4) is 10.7 Å². The maximum Gasteiger partial charge on any atom is 0.171 e. The molecule has 0 aliphatic rings. The molecule has 0 spiro atoms. The normalized spacial score (nSPS) is 10.8. The number of hydrogen-bond acceptors (Lipinski definition) is 4. The molecule has 2 rings (SSSR count). The molecular formula is C10H11N3S. The predicted molar refractivity (Wildman–Crippen MR) is 57.2 cm³/mol. The third-order valence-electron chi connectivity index (χ3n) is 1.92. The van der Waals surface area contributed by atoms with E-state index >= 15 is 0 Å². The van der Waals surface area contributed by atoms with E-state index in [1.807, 2.05) is 6.07 Å². The fourth-order valence-corrected chi connectivity index (χ4v) is 1.70. The minimum atomic E-state index is 0.435. The number of thiazole rings is 1. The third-order valence-corrected chi connectivity index (χ3v) is 2.69. The van der Waals surface area contributed by atoms with Crippen molar-refractivity contribution >= 4 is 11.3 Å². The summed E-state index contributed by atoms with van der Waals surface area (Å²) in [6, 6.07) is 1.95. The largest absolute Gasteiger partial charge is 0.252 e. The Morgan fingerprint density at radius 2 is 2.21 bits per heavy atom. The van der Waals surface area contributed by atoms with Crippen molar-refractivity contribution in [2.24, 2.45) is 0 Å². The van der Waals surface area contributed by atoms with Crippen molar-refractivity contribution in [1.82, 2.24) is 15.0 Å². The van der Waals surface area contributed by atoms with Crippen LogP contribution in [0, 0.1) is 0 Å². The van der Waals surface area contributed by atoms with Gasteiger partial charge in [0.1, 0.15) is 0 Å². The first-order chi connectivity index (χ1) is 6.77. The van der Waals surface area contributed by atoms with Gasteiger partial charge < -0.3 is 0 Å². The Balaban J connectivity index is 2.41. The molecule has 72 valence electrons. The van der Waals surface area contributed by atoms with Crippen LogP contribution >= 0.6 is 11.3 Å². The zero-order valence-electron chi connectivity index (χ0n) is 8.14. The van der Waals surface area contributed by atoms with Gasteiger partial charge in [-0.15, -0.1) is 11.3 Å². The molecule has 0 unspecified atom stereocenters. The van der Waals surface area contributed by atoms with Gasteiger partial charge in [-0.2, -0.15) is 0 Å². The number of rotatable bonds is 2. The van der Waals surface area contributed by atoms with Crippen molar-refractivity contribution in [3.05, 3.63) is 29.7 Å². The highest BCUT2D eigenvalue weighted by molar-refractivity contribution is 7.13. The Bertz CT molecular complexity index is 409.